The maximum absolute atomic E-state index is 13.6. The zero-order valence-corrected chi connectivity index (χ0v) is 22.1. The summed E-state index contributed by atoms with van der Waals surface area (Å²) in [7, 11) is 1.78. The van der Waals surface area contributed by atoms with Crippen molar-refractivity contribution in [2.75, 3.05) is 40.0 Å². The number of hydrogen-bond acceptors (Lipinski definition) is 7. The molecule has 3 atom stereocenters. The number of carbonyl (C=O) groups excluding carboxylic acids is 2. The van der Waals surface area contributed by atoms with E-state index in [1.165, 1.54) is 0 Å². The van der Waals surface area contributed by atoms with E-state index in [2.05, 4.69) is 16.8 Å². The van der Waals surface area contributed by atoms with Gasteiger partial charge in [-0.15, -0.1) is 0 Å². The van der Waals surface area contributed by atoms with Crippen LogP contribution in [0.15, 0.2) is 12.3 Å². The van der Waals surface area contributed by atoms with Crippen LogP contribution in [0.25, 0.3) is 0 Å². The van der Waals surface area contributed by atoms with Gasteiger partial charge in [0.15, 0.2) is 0 Å². The van der Waals surface area contributed by atoms with Crippen molar-refractivity contribution in [1.29, 1.82) is 0 Å². The molecule has 37 heavy (non-hydrogen) atoms. The first-order chi connectivity index (χ1) is 17.7. The molecule has 1 aliphatic carbocycles. The van der Waals surface area contributed by atoms with Gasteiger partial charge in [-0.05, 0) is 51.5 Å². The Bertz CT molecular complexity index is 1040. The number of pyridine rings is 1. The van der Waals surface area contributed by atoms with Crippen LogP contribution in [-0.4, -0.2) is 94.5 Å². The first-order valence-corrected chi connectivity index (χ1v) is 13.4. The summed E-state index contributed by atoms with van der Waals surface area (Å²) in [6.07, 6.45) is 5.74. The lowest BCUT2D eigenvalue weighted by Gasteiger charge is -2.38. The molecule has 202 valence electrons. The van der Waals surface area contributed by atoms with Crippen molar-refractivity contribution in [3.8, 4) is 17.7 Å². The van der Waals surface area contributed by atoms with Gasteiger partial charge in [0, 0.05) is 50.4 Å². The molecule has 2 N–H and O–H groups in total. The number of carbonyl (C=O) groups is 2. The molecule has 0 spiro atoms. The topological polar surface area (TPSA) is 112 Å². The SMILES string of the molecule is C[C@H](CO)N1C[C@H](C)[C@@H](CN(C)C(=O)C2CCOCC2)Oc2ncc(C#CC3(O)CCCC3)cc2C1=O. The molecule has 1 aromatic heterocycles. The second-order valence-corrected chi connectivity index (χ2v) is 10.8. The third-order valence-electron chi connectivity index (χ3n) is 7.79. The van der Waals surface area contributed by atoms with Crippen molar-refractivity contribution >= 4 is 11.8 Å². The highest BCUT2D eigenvalue weighted by molar-refractivity contribution is 5.97. The highest BCUT2D eigenvalue weighted by Crippen LogP contribution is 2.30. The molecule has 0 unspecified atom stereocenters. The van der Waals surface area contributed by atoms with E-state index in [-0.39, 0.29) is 41.7 Å². The fourth-order valence-electron chi connectivity index (χ4n) is 5.28. The number of amides is 2. The van der Waals surface area contributed by atoms with E-state index in [1.807, 2.05) is 6.92 Å². The van der Waals surface area contributed by atoms with E-state index in [0.717, 1.165) is 12.8 Å². The van der Waals surface area contributed by atoms with Crippen LogP contribution in [0.5, 0.6) is 5.88 Å². The zero-order chi connectivity index (χ0) is 26.6. The van der Waals surface area contributed by atoms with Crippen LogP contribution in [0.2, 0.25) is 0 Å². The molecular weight excluding hydrogens is 474 g/mol. The Balaban J connectivity index is 1.61. The molecule has 4 rings (SSSR count). The minimum atomic E-state index is -0.996. The molecule has 3 heterocycles. The number of aliphatic hydroxyl groups is 2. The highest BCUT2D eigenvalue weighted by atomic mass is 16.5. The molecule has 0 radical (unpaired) electrons. The molecular formula is C28H39N3O6. The smallest absolute Gasteiger partial charge is 0.259 e. The number of aromatic nitrogens is 1. The van der Waals surface area contributed by atoms with Crippen LogP contribution < -0.4 is 4.74 Å². The molecule has 1 saturated carbocycles. The van der Waals surface area contributed by atoms with Crippen LogP contribution in [0, 0.1) is 23.7 Å². The average Bonchev–Trinajstić information content (AvgIpc) is 3.35. The predicted octanol–water partition coefficient (Wildman–Crippen LogP) is 1.84. The van der Waals surface area contributed by atoms with Crippen molar-refractivity contribution < 1.29 is 29.3 Å². The average molecular weight is 514 g/mol. The van der Waals surface area contributed by atoms with Crippen molar-refractivity contribution in [1.82, 2.24) is 14.8 Å². The van der Waals surface area contributed by atoms with Crippen LogP contribution in [0.3, 0.4) is 0 Å². The number of rotatable bonds is 5. The first-order valence-electron chi connectivity index (χ1n) is 13.4. The first kappa shape index (κ1) is 27.4. The van der Waals surface area contributed by atoms with Crippen LogP contribution in [0.4, 0.5) is 0 Å². The molecule has 0 bridgehead atoms. The molecule has 9 nitrogen and oxygen atoms in total. The monoisotopic (exact) mass is 513 g/mol. The van der Waals surface area contributed by atoms with E-state index < -0.39 is 17.7 Å². The van der Waals surface area contributed by atoms with Gasteiger partial charge in [-0.2, -0.15) is 0 Å². The summed E-state index contributed by atoms with van der Waals surface area (Å²) in [6, 6.07) is 1.24. The van der Waals surface area contributed by atoms with Crippen molar-refractivity contribution in [2.24, 2.45) is 11.8 Å². The van der Waals surface area contributed by atoms with Crippen LogP contribution in [-0.2, 0) is 9.53 Å². The molecule has 3 aliphatic rings. The second kappa shape index (κ2) is 11.8. The third-order valence-corrected chi connectivity index (χ3v) is 7.79. The molecule has 2 aliphatic heterocycles. The Morgan fingerprint density at radius 3 is 2.70 bits per heavy atom. The number of aliphatic hydroxyl groups excluding tert-OH is 1. The van der Waals surface area contributed by atoms with Crippen LogP contribution >= 0.6 is 0 Å². The summed E-state index contributed by atoms with van der Waals surface area (Å²) >= 11 is 0. The van der Waals surface area contributed by atoms with Gasteiger partial charge in [-0.3, -0.25) is 9.59 Å². The Kier molecular flexibility index (Phi) is 8.73. The summed E-state index contributed by atoms with van der Waals surface area (Å²) < 4.78 is 11.7. The normalized spacial score (nSPS) is 24.7. The van der Waals surface area contributed by atoms with Crippen molar-refractivity contribution in [3.05, 3.63) is 23.4 Å². The number of ether oxygens (including phenoxy) is 2. The maximum atomic E-state index is 13.6. The minimum absolute atomic E-state index is 0.0590. The largest absolute Gasteiger partial charge is 0.472 e. The van der Waals surface area contributed by atoms with E-state index in [1.54, 1.807) is 36.0 Å². The second-order valence-electron chi connectivity index (χ2n) is 10.8. The summed E-state index contributed by atoms with van der Waals surface area (Å²) in [5, 5.41) is 20.5. The summed E-state index contributed by atoms with van der Waals surface area (Å²) in [5.41, 5.74) is -0.213. The van der Waals surface area contributed by atoms with Crippen molar-refractivity contribution in [2.45, 2.75) is 70.1 Å². The van der Waals surface area contributed by atoms with Gasteiger partial charge in [0.2, 0.25) is 11.8 Å². The molecule has 1 saturated heterocycles. The fourth-order valence-corrected chi connectivity index (χ4v) is 5.28. The number of nitrogens with zero attached hydrogens (tertiary/aromatic N) is 3. The Labute approximate surface area is 219 Å². The Hall–Kier alpha value is -2.67. The van der Waals surface area contributed by atoms with E-state index in [9.17, 15) is 19.8 Å². The van der Waals surface area contributed by atoms with E-state index >= 15 is 0 Å². The number of likely N-dealkylation sites (N-methyl/N-ethyl adjacent to an activating group) is 1. The minimum Gasteiger partial charge on any atom is -0.472 e. The van der Waals surface area contributed by atoms with Crippen molar-refractivity contribution in [3.63, 3.8) is 0 Å². The van der Waals surface area contributed by atoms with E-state index in [4.69, 9.17) is 9.47 Å². The van der Waals surface area contributed by atoms with Crippen LogP contribution in [0.1, 0.15) is 68.3 Å². The van der Waals surface area contributed by atoms with Gasteiger partial charge in [0.1, 0.15) is 17.3 Å². The maximum Gasteiger partial charge on any atom is 0.259 e. The quantitative estimate of drug-likeness (QED) is 0.578. The standard InChI is InChI=1S/C28H39N3O6/c1-19-16-31(20(2)18-32)27(34)23-14-21(6-11-28(35)9-4-5-10-28)15-29-25(23)37-24(19)17-30(3)26(33)22-7-12-36-13-8-22/h14-15,19-20,22,24,32,35H,4-5,7-10,12-13,16-18H2,1-3H3/t19-,20+,24+/m0/s1. The number of fused-ring (bicyclic) bond motifs is 1. The summed E-state index contributed by atoms with van der Waals surface area (Å²) in [6.45, 7) is 5.50. The number of hydrogen-bond donors (Lipinski definition) is 2. The molecule has 9 heteroatoms. The predicted molar refractivity (Wildman–Crippen MR) is 137 cm³/mol. The summed E-state index contributed by atoms with van der Waals surface area (Å²) in [4.78, 5) is 34.4. The molecule has 1 aromatic rings. The van der Waals surface area contributed by atoms with Gasteiger partial charge < -0.3 is 29.5 Å². The van der Waals surface area contributed by atoms with Gasteiger partial charge >= 0.3 is 0 Å². The third kappa shape index (κ3) is 6.43. The zero-order valence-electron chi connectivity index (χ0n) is 22.1. The van der Waals surface area contributed by atoms with Gasteiger partial charge in [0.05, 0.1) is 19.2 Å². The Morgan fingerprint density at radius 1 is 1.32 bits per heavy atom. The molecule has 0 aromatic carbocycles. The highest BCUT2D eigenvalue weighted by Gasteiger charge is 2.36. The lowest BCUT2D eigenvalue weighted by molar-refractivity contribution is -0.138. The lowest BCUT2D eigenvalue weighted by atomic mass is 9.97. The van der Waals surface area contributed by atoms with Gasteiger partial charge in [0.25, 0.3) is 5.91 Å². The summed E-state index contributed by atoms with van der Waals surface area (Å²) in [5.74, 6) is 5.75. The van der Waals surface area contributed by atoms with E-state index in [0.29, 0.717) is 57.6 Å². The molecule has 2 amide bonds. The Morgan fingerprint density at radius 2 is 2.03 bits per heavy atom. The lowest BCUT2D eigenvalue weighted by Crippen LogP contribution is -2.51. The fraction of sp³-hybridized carbons (Fsp3) is 0.679. The van der Waals surface area contributed by atoms with Gasteiger partial charge in [-0.25, -0.2) is 4.98 Å². The van der Waals surface area contributed by atoms with Gasteiger partial charge in [-0.1, -0.05) is 18.8 Å². The molecule has 2 fully saturated rings.